The van der Waals surface area contributed by atoms with Crippen molar-refractivity contribution >= 4 is 58.7 Å². The smallest absolute Gasteiger partial charge is 0.417 e. The summed E-state index contributed by atoms with van der Waals surface area (Å²) in [6.07, 6.45) is -2.83. The number of para-hydroxylation sites is 1. The van der Waals surface area contributed by atoms with E-state index in [0.717, 1.165) is 0 Å². The molecular weight excluding hydrogens is 718 g/mol. The van der Waals surface area contributed by atoms with Crippen LogP contribution in [0.2, 0.25) is 10.0 Å². The number of allylic oxidation sites excluding steroid dienone is 2. The van der Waals surface area contributed by atoms with Gasteiger partial charge in [-0.05, 0) is 48.6 Å². The maximum Gasteiger partial charge on any atom is 0.417 e. The normalized spacial score (nSPS) is 27.2. The van der Waals surface area contributed by atoms with Gasteiger partial charge in [-0.15, -0.1) is 0 Å². The number of fused-ring (bicyclic) bond motifs is 4. The fourth-order valence-electron chi connectivity index (χ4n) is 8.28. The largest absolute Gasteiger partial charge is 0.504 e. The van der Waals surface area contributed by atoms with Crippen molar-refractivity contribution in [2.75, 3.05) is 12.5 Å². The zero-order chi connectivity index (χ0) is 36.7. The SMILES string of the molecule is COc1cccc([C@H]2C3=CC[C@@H]4C(=O)N(C(N)=O)C(=O)[C@@H]4[C@@H]3C[C@H]3C(=O)N(Nc4ncc(C(F)(F)F)cc4Cl)C(=O)[C@@]23c2ccc(Cl)cc2)c1O. The van der Waals surface area contributed by atoms with E-state index < -0.39 is 87.2 Å². The number of anilines is 1. The highest BCUT2D eigenvalue weighted by Crippen LogP contribution is 2.65. The number of carbonyl (C=O) groups is 5. The minimum atomic E-state index is -4.78. The number of phenols is 1. The van der Waals surface area contributed by atoms with Gasteiger partial charge in [-0.3, -0.25) is 24.6 Å². The van der Waals surface area contributed by atoms with Crippen LogP contribution in [-0.4, -0.2) is 56.8 Å². The van der Waals surface area contributed by atoms with E-state index in [-0.39, 0.29) is 35.5 Å². The molecule has 7 rings (SSSR count). The van der Waals surface area contributed by atoms with Crippen LogP contribution in [0.25, 0.3) is 0 Å². The van der Waals surface area contributed by atoms with E-state index in [1.165, 1.54) is 31.4 Å². The Balaban J connectivity index is 1.46. The quantitative estimate of drug-likeness (QED) is 0.235. The number of likely N-dealkylation sites (tertiary alicyclic amines) is 1. The van der Waals surface area contributed by atoms with Crippen LogP contribution in [0.5, 0.6) is 11.5 Å². The lowest BCUT2D eigenvalue weighted by atomic mass is 9.49. The molecule has 0 bridgehead atoms. The summed E-state index contributed by atoms with van der Waals surface area (Å²) in [5.41, 5.74) is 5.76. The topological polar surface area (TPSA) is 172 Å². The number of hydrazine groups is 1. The van der Waals surface area contributed by atoms with E-state index >= 15 is 4.79 Å². The van der Waals surface area contributed by atoms with Gasteiger partial charge >= 0.3 is 12.2 Å². The van der Waals surface area contributed by atoms with Crippen molar-refractivity contribution < 1.29 is 47.0 Å². The summed E-state index contributed by atoms with van der Waals surface area (Å²) < 4.78 is 45.6. The molecule has 4 aliphatic rings. The Kier molecular flexibility index (Phi) is 8.06. The van der Waals surface area contributed by atoms with Gasteiger partial charge in [0.2, 0.25) is 11.8 Å². The first-order chi connectivity index (χ1) is 24.1. The number of pyridine rings is 1. The van der Waals surface area contributed by atoms with Gasteiger partial charge in [-0.25, -0.2) is 9.78 Å². The Labute approximate surface area is 296 Å². The summed E-state index contributed by atoms with van der Waals surface area (Å²) in [4.78, 5) is 73.1. The number of imide groups is 4. The molecule has 1 saturated carbocycles. The first kappa shape index (κ1) is 34.3. The Bertz CT molecular complexity index is 2080. The van der Waals surface area contributed by atoms with Crippen molar-refractivity contribution in [1.82, 2.24) is 14.9 Å². The van der Waals surface area contributed by atoms with Crippen LogP contribution in [0, 0.1) is 23.7 Å². The number of urea groups is 1. The highest BCUT2D eigenvalue weighted by Gasteiger charge is 2.71. The number of carbonyl (C=O) groups excluding carboxylic acids is 5. The second-order valence-electron chi connectivity index (χ2n) is 12.7. The molecule has 17 heteroatoms. The van der Waals surface area contributed by atoms with Gasteiger partial charge in [0.1, 0.15) is 0 Å². The third-order valence-electron chi connectivity index (χ3n) is 10.3. The Hall–Kier alpha value is -5.15. The molecule has 0 spiro atoms. The molecule has 4 N–H and O–H groups in total. The average Bonchev–Trinajstić information content (AvgIpc) is 3.46. The summed E-state index contributed by atoms with van der Waals surface area (Å²) in [6.45, 7) is 0. The van der Waals surface area contributed by atoms with Gasteiger partial charge in [0.25, 0.3) is 11.8 Å². The Morgan fingerprint density at radius 2 is 1.76 bits per heavy atom. The predicted molar refractivity (Wildman–Crippen MR) is 173 cm³/mol. The number of alkyl halides is 3. The van der Waals surface area contributed by atoms with E-state index in [4.69, 9.17) is 33.7 Å². The van der Waals surface area contributed by atoms with Gasteiger partial charge in [0.05, 0.1) is 40.9 Å². The molecule has 6 amide bonds. The molecule has 0 unspecified atom stereocenters. The third-order valence-corrected chi connectivity index (χ3v) is 10.9. The van der Waals surface area contributed by atoms with Gasteiger partial charge in [0, 0.05) is 22.7 Å². The van der Waals surface area contributed by atoms with Gasteiger partial charge < -0.3 is 15.6 Å². The van der Waals surface area contributed by atoms with Crippen LogP contribution in [-0.2, 0) is 30.8 Å². The number of aromatic nitrogens is 1. The van der Waals surface area contributed by atoms with Crippen LogP contribution in [0.1, 0.15) is 35.4 Å². The molecule has 12 nitrogen and oxygen atoms in total. The lowest BCUT2D eigenvalue weighted by molar-refractivity contribution is -0.140. The number of rotatable bonds is 5. The number of hydrogen-bond acceptors (Lipinski definition) is 9. The number of amides is 6. The fourth-order valence-corrected chi connectivity index (χ4v) is 8.62. The van der Waals surface area contributed by atoms with E-state index in [0.29, 0.717) is 32.8 Å². The summed E-state index contributed by atoms with van der Waals surface area (Å²) in [6, 6.07) is 10.0. The van der Waals surface area contributed by atoms with Gasteiger partial charge in [0.15, 0.2) is 17.3 Å². The van der Waals surface area contributed by atoms with E-state index in [1.807, 2.05) is 0 Å². The summed E-state index contributed by atoms with van der Waals surface area (Å²) in [7, 11) is 1.32. The van der Waals surface area contributed by atoms with Crippen LogP contribution in [0.3, 0.4) is 0 Å². The Morgan fingerprint density at radius 1 is 1.06 bits per heavy atom. The van der Waals surface area contributed by atoms with Gasteiger partial charge in [-0.1, -0.05) is 59.1 Å². The summed E-state index contributed by atoms with van der Waals surface area (Å²) >= 11 is 12.4. The highest BCUT2D eigenvalue weighted by atomic mass is 35.5. The van der Waals surface area contributed by atoms with Crippen LogP contribution >= 0.6 is 23.2 Å². The first-order valence-corrected chi connectivity index (χ1v) is 16.2. The number of hydrogen-bond donors (Lipinski definition) is 3. The number of benzene rings is 2. The van der Waals surface area contributed by atoms with E-state index in [9.17, 15) is 37.5 Å². The van der Waals surface area contributed by atoms with Crippen molar-refractivity contribution in [3.63, 3.8) is 0 Å². The fraction of sp³-hybridized carbons (Fsp3) is 0.294. The monoisotopic (exact) mass is 743 g/mol. The summed E-state index contributed by atoms with van der Waals surface area (Å²) in [5, 5.41) is 12.0. The molecular formula is C34H26Cl2F3N5O7. The molecule has 2 aliphatic carbocycles. The van der Waals surface area contributed by atoms with Crippen molar-refractivity contribution in [2.24, 2.45) is 29.4 Å². The second kappa shape index (κ2) is 12.0. The molecule has 3 heterocycles. The van der Waals surface area contributed by atoms with Crippen molar-refractivity contribution in [1.29, 1.82) is 0 Å². The molecule has 2 aliphatic heterocycles. The van der Waals surface area contributed by atoms with Gasteiger partial charge in [-0.2, -0.15) is 23.1 Å². The van der Waals surface area contributed by atoms with E-state index in [1.54, 1.807) is 24.3 Å². The number of methoxy groups -OCH3 is 1. The molecule has 2 aromatic carbocycles. The number of nitrogens with zero attached hydrogens (tertiary/aromatic N) is 3. The van der Waals surface area contributed by atoms with Crippen molar-refractivity contribution in [3.05, 3.63) is 93.1 Å². The lowest BCUT2D eigenvalue weighted by Crippen LogP contribution is -2.53. The summed E-state index contributed by atoms with van der Waals surface area (Å²) in [5.74, 6) is -9.70. The number of nitrogens with two attached hydrogens (primary N) is 1. The van der Waals surface area contributed by atoms with Crippen LogP contribution in [0.15, 0.2) is 66.4 Å². The maximum absolute atomic E-state index is 15.1. The number of aromatic hydroxyl groups is 1. The third kappa shape index (κ3) is 4.96. The van der Waals surface area contributed by atoms with Crippen molar-refractivity contribution in [2.45, 2.75) is 30.4 Å². The van der Waals surface area contributed by atoms with Crippen LogP contribution in [0.4, 0.5) is 23.8 Å². The molecule has 6 atom stereocenters. The second-order valence-corrected chi connectivity index (χ2v) is 13.5. The molecule has 51 heavy (non-hydrogen) atoms. The molecule has 1 aromatic heterocycles. The highest BCUT2D eigenvalue weighted by molar-refractivity contribution is 6.33. The van der Waals surface area contributed by atoms with Crippen molar-refractivity contribution in [3.8, 4) is 11.5 Å². The van der Waals surface area contributed by atoms with Crippen LogP contribution < -0.4 is 15.9 Å². The minimum Gasteiger partial charge on any atom is -0.504 e. The molecule has 0 radical (unpaired) electrons. The van der Waals surface area contributed by atoms with E-state index in [2.05, 4.69) is 10.4 Å². The molecule has 264 valence electrons. The molecule has 3 aromatic rings. The minimum absolute atomic E-state index is 0.0252. The maximum atomic E-state index is 15.1. The standard InChI is InChI=1S/C34H26Cl2F3N5O7/c1-51-23-4-2-3-19(26(23)45)25-17-9-10-18-24(30(48)43(28(18)46)32(40)50)20(17)12-21-29(47)44(31(49)33(21,25)14-5-7-16(35)8-6-14)42-27-22(36)11-15(13-41-27)34(37,38)39/h2-9,11,13,18,20-21,24-25,45H,10,12H2,1H3,(H2,40,50)(H,41,42)/t18-,20+,21-,24-,25+,33+/m0/s1. The zero-order valence-electron chi connectivity index (χ0n) is 26.3. The number of ether oxygens (including phenoxy) is 1. The molecule has 3 fully saturated rings. The number of nitrogens with one attached hydrogen (secondary N) is 1. The average molecular weight is 745 g/mol. The Morgan fingerprint density at radius 3 is 2.39 bits per heavy atom. The number of halogens is 5. The first-order valence-electron chi connectivity index (χ1n) is 15.5. The number of primary amides is 1. The predicted octanol–water partition coefficient (Wildman–Crippen LogP) is 5.19. The molecule has 2 saturated heterocycles. The zero-order valence-corrected chi connectivity index (χ0v) is 27.8. The lowest BCUT2D eigenvalue weighted by Gasteiger charge is -2.50. The number of phenolic OH excluding ortho intramolecular Hbond substituents is 1.